The molecule has 0 aliphatic carbocycles. The Morgan fingerprint density at radius 3 is 2.24 bits per heavy atom. The van der Waals surface area contributed by atoms with Crippen molar-refractivity contribution in [1.82, 2.24) is 10.1 Å². The van der Waals surface area contributed by atoms with Gasteiger partial charge in [0, 0.05) is 10.6 Å². The number of aromatic nitrogens is 2. The maximum absolute atomic E-state index is 12.1. The minimum absolute atomic E-state index is 0.0455. The van der Waals surface area contributed by atoms with Gasteiger partial charge in [0.2, 0.25) is 5.82 Å². The van der Waals surface area contributed by atoms with Crippen molar-refractivity contribution in [2.45, 2.75) is 13.0 Å². The fraction of sp³-hybridized carbons (Fsp3) is 0.125. The molecule has 3 rings (SSSR count). The lowest BCUT2D eigenvalue weighted by atomic mass is 10.2. The number of alkyl halides is 3. The number of benzene rings is 2. The van der Waals surface area contributed by atoms with Gasteiger partial charge in [-0.05, 0) is 48.5 Å². The first kappa shape index (κ1) is 17.1. The van der Waals surface area contributed by atoms with E-state index in [0.29, 0.717) is 16.3 Å². The van der Waals surface area contributed by atoms with E-state index in [0.717, 1.165) is 0 Å². The van der Waals surface area contributed by atoms with Crippen LogP contribution in [-0.4, -0.2) is 16.5 Å². The maximum atomic E-state index is 12.1. The molecule has 25 heavy (non-hydrogen) atoms. The number of nitrogens with zero attached hydrogens (tertiary/aromatic N) is 2. The fourth-order valence-electron chi connectivity index (χ4n) is 1.91. The number of ether oxygens (including phenoxy) is 2. The van der Waals surface area contributed by atoms with E-state index < -0.39 is 6.36 Å². The Morgan fingerprint density at radius 2 is 1.60 bits per heavy atom. The minimum atomic E-state index is -4.74. The monoisotopic (exact) mass is 370 g/mol. The van der Waals surface area contributed by atoms with Gasteiger partial charge in [-0.1, -0.05) is 16.8 Å². The van der Waals surface area contributed by atoms with Crippen molar-refractivity contribution in [3.63, 3.8) is 0 Å². The van der Waals surface area contributed by atoms with E-state index in [4.69, 9.17) is 20.9 Å². The molecule has 1 aromatic heterocycles. The molecule has 0 bridgehead atoms. The Morgan fingerprint density at radius 1 is 0.960 bits per heavy atom. The topological polar surface area (TPSA) is 57.4 Å². The first-order valence-corrected chi connectivity index (χ1v) is 7.34. The van der Waals surface area contributed by atoms with E-state index in [1.54, 1.807) is 24.3 Å². The molecule has 3 aromatic rings. The van der Waals surface area contributed by atoms with E-state index in [9.17, 15) is 13.2 Å². The van der Waals surface area contributed by atoms with Crippen molar-refractivity contribution >= 4 is 11.6 Å². The quantitative estimate of drug-likeness (QED) is 0.641. The molecule has 1 heterocycles. The Balaban J connectivity index is 1.63. The third-order valence-electron chi connectivity index (χ3n) is 2.99. The summed E-state index contributed by atoms with van der Waals surface area (Å²) in [5.74, 6) is 0.706. The van der Waals surface area contributed by atoms with Crippen LogP contribution in [0.25, 0.3) is 11.4 Å². The highest BCUT2D eigenvalue weighted by Gasteiger charge is 2.31. The molecule has 0 saturated heterocycles. The average Bonchev–Trinajstić information content (AvgIpc) is 3.02. The second-order valence-electron chi connectivity index (χ2n) is 4.83. The molecule has 130 valence electrons. The van der Waals surface area contributed by atoms with Crippen LogP contribution in [0.1, 0.15) is 5.89 Å². The van der Waals surface area contributed by atoms with E-state index in [1.165, 1.54) is 24.3 Å². The highest BCUT2D eigenvalue weighted by Crippen LogP contribution is 2.25. The van der Waals surface area contributed by atoms with Crippen LogP contribution in [0, 0.1) is 0 Å². The van der Waals surface area contributed by atoms with Gasteiger partial charge in [-0.25, -0.2) is 0 Å². The van der Waals surface area contributed by atoms with Gasteiger partial charge in [0.25, 0.3) is 5.89 Å². The molecule has 0 aliphatic heterocycles. The molecule has 2 aromatic carbocycles. The van der Waals surface area contributed by atoms with Crippen LogP contribution in [0.15, 0.2) is 53.1 Å². The molecule has 0 atom stereocenters. The number of hydrogen-bond donors (Lipinski definition) is 0. The lowest BCUT2D eigenvalue weighted by Gasteiger charge is -2.08. The number of hydrogen-bond acceptors (Lipinski definition) is 5. The average molecular weight is 371 g/mol. The first-order chi connectivity index (χ1) is 11.9. The Bertz CT molecular complexity index is 833. The zero-order valence-electron chi connectivity index (χ0n) is 12.5. The summed E-state index contributed by atoms with van der Waals surface area (Å²) in [5.41, 5.74) is 0.482. The SMILES string of the molecule is FC(F)(F)Oc1ccc(-c2noc(COc3ccc(Cl)cc3)n2)cc1. The normalized spacial score (nSPS) is 11.4. The maximum Gasteiger partial charge on any atom is 0.573 e. The van der Waals surface area contributed by atoms with Gasteiger partial charge in [0.05, 0.1) is 0 Å². The summed E-state index contributed by atoms with van der Waals surface area (Å²) in [4.78, 5) is 4.13. The van der Waals surface area contributed by atoms with Gasteiger partial charge in [-0.2, -0.15) is 4.98 Å². The summed E-state index contributed by atoms with van der Waals surface area (Å²) in [6.45, 7) is 0.0455. The molecule has 0 radical (unpaired) electrons. The van der Waals surface area contributed by atoms with Gasteiger partial charge in [0.1, 0.15) is 11.5 Å². The minimum Gasteiger partial charge on any atom is -0.484 e. The van der Waals surface area contributed by atoms with E-state index in [1.807, 2.05) is 0 Å². The van der Waals surface area contributed by atoms with E-state index in [-0.39, 0.29) is 24.1 Å². The molecule has 0 N–H and O–H groups in total. The summed E-state index contributed by atoms with van der Waals surface area (Å²) >= 11 is 5.78. The zero-order valence-corrected chi connectivity index (χ0v) is 13.2. The second kappa shape index (κ2) is 7.02. The van der Waals surface area contributed by atoms with Crippen molar-refractivity contribution in [2.24, 2.45) is 0 Å². The van der Waals surface area contributed by atoms with Gasteiger partial charge in [-0.15, -0.1) is 13.2 Å². The van der Waals surface area contributed by atoms with Crippen molar-refractivity contribution in [3.05, 3.63) is 59.4 Å². The largest absolute Gasteiger partial charge is 0.573 e. The van der Waals surface area contributed by atoms with Crippen molar-refractivity contribution in [3.8, 4) is 22.9 Å². The molecule has 5 nitrogen and oxygen atoms in total. The summed E-state index contributed by atoms with van der Waals surface area (Å²) in [6, 6.07) is 11.9. The van der Waals surface area contributed by atoms with Crippen LogP contribution >= 0.6 is 11.6 Å². The van der Waals surface area contributed by atoms with Crippen molar-refractivity contribution < 1.29 is 27.2 Å². The second-order valence-corrected chi connectivity index (χ2v) is 5.26. The highest BCUT2D eigenvalue weighted by atomic mass is 35.5. The van der Waals surface area contributed by atoms with Crippen LogP contribution in [0.2, 0.25) is 5.02 Å². The predicted octanol–water partition coefficient (Wildman–Crippen LogP) is 4.87. The third-order valence-corrected chi connectivity index (χ3v) is 3.24. The first-order valence-electron chi connectivity index (χ1n) is 6.96. The van der Waals surface area contributed by atoms with Crippen LogP contribution in [0.4, 0.5) is 13.2 Å². The summed E-state index contributed by atoms with van der Waals surface area (Å²) in [6.07, 6.45) is -4.74. The molecule has 0 saturated carbocycles. The van der Waals surface area contributed by atoms with Crippen LogP contribution in [-0.2, 0) is 6.61 Å². The van der Waals surface area contributed by atoms with E-state index >= 15 is 0 Å². The number of halogens is 4. The van der Waals surface area contributed by atoms with Gasteiger partial charge in [0.15, 0.2) is 6.61 Å². The lowest BCUT2D eigenvalue weighted by molar-refractivity contribution is -0.274. The smallest absolute Gasteiger partial charge is 0.484 e. The van der Waals surface area contributed by atoms with Crippen molar-refractivity contribution in [1.29, 1.82) is 0 Å². The zero-order chi connectivity index (χ0) is 17.9. The standard InChI is InChI=1S/C16H10ClF3N2O3/c17-11-3-7-12(8-4-11)23-9-14-21-15(22-25-14)10-1-5-13(6-2-10)24-16(18,19)20/h1-8H,9H2. The number of rotatable bonds is 5. The Labute approximate surface area is 144 Å². The highest BCUT2D eigenvalue weighted by molar-refractivity contribution is 6.30. The molecule has 9 heteroatoms. The van der Waals surface area contributed by atoms with E-state index in [2.05, 4.69) is 14.9 Å². The third kappa shape index (κ3) is 4.87. The lowest BCUT2D eigenvalue weighted by Crippen LogP contribution is -2.16. The van der Waals surface area contributed by atoms with Crippen LogP contribution in [0.3, 0.4) is 0 Å². The molecule has 0 spiro atoms. The Kier molecular flexibility index (Phi) is 4.80. The van der Waals surface area contributed by atoms with Gasteiger partial charge < -0.3 is 14.0 Å². The fourth-order valence-corrected chi connectivity index (χ4v) is 2.04. The van der Waals surface area contributed by atoms with Crippen molar-refractivity contribution in [2.75, 3.05) is 0 Å². The molecule has 0 fully saturated rings. The Hall–Kier alpha value is -2.74. The molecule has 0 aliphatic rings. The molecular weight excluding hydrogens is 361 g/mol. The summed E-state index contributed by atoms with van der Waals surface area (Å²) in [7, 11) is 0. The predicted molar refractivity (Wildman–Crippen MR) is 82.2 cm³/mol. The van der Waals surface area contributed by atoms with Crippen LogP contribution in [0.5, 0.6) is 11.5 Å². The van der Waals surface area contributed by atoms with Gasteiger partial charge in [-0.3, -0.25) is 0 Å². The summed E-state index contributed by atoms with van der Waals surface area (Å²) in [5, 5.41) is 4.36. The molecular formula is C16H10ClF3N2O3. The molecule has 0 unspecified atom stereocenters. The van der Waals surface area contributed by atoms with Crippen LogP contribution < -0.4 is 9.47 Å². The molecule has 0 amide bonds. The van der Waals surface area contributed by atoms with Gasteiger partial charge >= 0.3 is 6.36 Å². The summed E-state index contributed by atoms with van der Waals surface area (Å²) < 4.78 is 50.7.